The monoisotopic (exact) mass is 393 g/mol. The molecule has 0 aliphatic carbocycles. The molecule has 0 radical (unpaired) electrons. The van der Waals surface area contributed by atoms with Crippen LogP contribution in [0, 0.1) is 5.82 Å². The normalized spacial score (nSPS) is 13.0. The minimum atomic E-state index is -0.503. The Labute approximate surface area is 165 Å². The van der Waals surface area contributed by atoms with Crippen molar-refractivity contribution >= 4 is 23.6 Å². The molecule has 1 aliphatic heterocycles. The van der Waals surface area contributed by atoms with Crippen molar-refractivity contribution in [1.82, 2.24) is 9.78 Å². The van der Waals surface area contributed by atoms with E-state index in [-0.39, 0.29) is 18.3 Å². The standard InChI is InChI=1S/C21H16FN3O4/c1-28-21(27)9-5-15-11-18(25(24-15)16-6-3-14(22)4-7-16)13-2-8-19-17(10-13)23-20(26)12-29-19/h2-11H,12H2,1H3,(H,23,26). The highest BCUT2D eigenvalue weighted by Crippen LogP contribution is 2.34. The smallest absolute Gasteiger partial charge is 0.330 e. The Bertz CT molecular complexity index is 1120. The molecule has 7 nitrogen and oxygen atoms in total. The second kappa shape index (κ2) is 7.59. The Kier molecular flexibility index (Phi) is 4.82. The quantitative estimate of drug-likeness (QED) is 0.544. The molecule has 0 spiro atoms. The summed E-state index contributed by atoms with van der Waals surface area (Å²) in [5.74, 6) is -0.520. The molecule has 0 fully saturated rings. The summed E-state index contributed by atoms with van der Waals surface area (Å²) in [5, 5.41) is 7.27. The maximum absolute atomic E-state index is 13.4. The Morgan fingerprint density at radius 1 is 1.24 bits per heavy atom. The molecule has 0 saturated heterocycles. The van der Waals surface area contributed by atoms with Gasteiger partial charge in [-0.05, 0) is 54.6 Å². The van der Waals surface area contributed by atoms with E-state index in [4.69, 9.17) is 4.74 Å². The van der Waals surface area contributed by atoms with Crippen molar-refractivity contribution in [1.29, 1.82) is 0 Å². The number of benzene rings is 2. The molecule has 0 saturated carbocycles. The number of hydrogen-bond donors (Lipinski definition) is 1. The zero-order chi connectivity index (χ0) is 20.4. The van der Waals surface area contributed by atoms with E-state index in [9.17, 15) is 14.0 Å². The zero-order valence-corrected chi connectivity index (χ0v) is 15.4. The number of carbonyl (C=O) groups is 2. The largest absolute Gasteiger partial charge is 0.482 e. The van der Waals surface area contributed by atoms with Crippen LogP contribution >= 0.6 is 0 Å². The summed E-state index contributed by atoms with van der Waals surface area (Å²) in [6.45, 7) is -0.0255. The van der Waals surface area contributed by atoms with Crippen molar-refractivity contribution in [3.63, 3.8) is 0 Å². The van der Waals surface area contributed by atoms with E-state index < -0.39 is 5.97 Å². The van der Waals surface area contributed by atoms with Crippen molar-refractivity contribution < 1.29 is 23.5 Å². The molecule has 2 aromatic carbocycles. The van der Waals surface area contributed by atoms with E-state index in [1.165, 1.54) is 31.4 Å². The fourth-order valence-electron chi connectivity index (χ4n) is 2.93. The lowest BCUT2D eigenvalue weighted by atomic mass is 10.1. The number of anilines is 1. The molecule has 2 heterocycles. The van der Waals surface area contributed by atoms with Crippen molar-refractivity contribution in [2.45, 2.75) is 0 Å². The number of amides is 1. The highest BCUT2D eigenvalue weighted by molar-refractivity contribution is 5.96. The molecule has 0 bridgehead atoms. The predicted octanol–water partition coefficient (Wildman–Crippen LogP) is 3.20. The van der Waals surface area contributed by atoms with Crippen LogP contribution in [0.25, 0.3) is 23.0 Å². The SMILES string of the molecule is COC(=O)C=Cc1cc(-c2ccc3c(c2)NC(=O)CO3)n(-c2ccc(F)cc2)n1. The Hall–Kier alpha value is -3.94. The van der Waals surface area contributed by atoms with Gasteiger partial charge in [0.25, 0.3) is 5.91 Å². The summed E-state index contributed by atoms with van der Waals surface area (Å²) in [6.07, 6.45) is 2.79. The van der Waals surface area contributed by atoms with Crippen LogP contribution in [0.15, 0.2) is 54.6 Å². The van der Waals surface area contributed by atoms with Crippen LogP contribution in [-0.2, 0) is 14.3 Å². The average molecular weight is 393 g/mol. The lowest BCUT2D eigenvalue weighted by Crippen LogP contribution is -2.25. The number of methoxy groups -OCH3 is 1. The number of aromatic nitrogens is 2. The van der Waals surface area contributed by atoms with Gasteiger partial charge in [-0.2, -0.15) is 5.10 Å². The van der Waals surface area contributed by atoms with Crippen LogP contribution in [0.1, 0.15) is 5.69 Å². The fraction of sp³-hybridized carbons (Fsp3) is 0.0952. The fourth-order valence-corrected chi connectivity index (χ4v) is 2.93. The third-order valence-corrected chi connectivity index (χ3v) is 4.30. The highest BCUT2D eigenvalue weighted by atomic mass is 19.1. The molecule has 1 aromatic heterocycles. The average Bonchev–Trinajstić information content (AvgIpc) is 3.16. The summed E-state index contributed by atoms with van der Waals surface area (Å²) >= 11 is 0. The molecule has 1 amide bonds. The number of nitrogens with one attached hydrogen (secondary N) is 1. The minimum absolute atomic E-state index is 0.0255. The molecule has 1 aliphatic rings. The lowest BCUT2D eigenvalue weighted by molar-refractivity contribution is -0.134. The van der Waals surface area contributed by atoms with Gasteiger partial charge in [0.1, 0.15) is 11.6 Å². The van der Waals surface area contributed by atoms with E-state index in [0.717, 1.165) is 5.56 Å². The summed E-state index contributed by atoms with van der Waals surface area (Å²) in [6, 6.07) is 13.0. The first-order chi connectivity index (χ1) is 14.0. The topological polar surface area (TPSA) is 82.5 Å². The van der Waals surface area contributed by atoms with E-state index in [1.54, 1.807) is 35.0 Å². The van der Waals surface area contributed by atoms with Crippen LogP contribution in [0.5, 0.6) is 5.75 Å². The maximum atomic E-state index is 13.4. The van der Waals surface area contributed by atoms with Gasteiger partial charge in [-0.1, -0.05) is 0 Å². The Morgan fingerprint density at radius 3 is 2.79 bits per heavy atom. The van der Waals surface area contributed by atoms with Crippen molar-refractivity contribution in [3.05, 3.63) is 66.1 Å². The molecule has 8 heteroatoms. The van der Waals surface area contributed by atoms with Crippen molar-refractivity contribution in [2.24, 2.45) is 0 Å². The second-order valence-electron chi connectivity index (χ2n) is 6.25. The Morgan fingerprint density at radius 2 is 2.03 bits per heavy atom. The minimum Gasteiger partial charge on any atom is -0.482 e. The summed E-state index contributed by atoms with van der Waals surface area (Å²) < 4.78 is 25.0. The lowest BCUT2D eigenvalue weighted by Gasteiger charge is -2.18. The zero-order valence-electron chi connectivity index (χ0n) is 15.4. The number of carbonyl (C=O) groups excluding carboxylic acids is 2. The van der Waals surface area contributed by atoms with Gasteiger partial charge in [-0.25, -0.2) is 13.9 Å². The number of nitrogens with zero attached hydrogens (tertiary/aromatic N) is 2. The number of hydrogen-bond acceptors (Lipinski definition) is 5. The number of fused-ring (bicyclic) bond motifs is 1. The van der Waals surface area contributed by atoms with E-state index in [0.29, 0.717) is 28.5 Å². The summed E-state index contributed by atoms with van der Waals surface area (Å²) in [4.78, 5) is 23.0. The molecule has 0 atom stereocenters. The van der Waals surface area contributed by atoms with Gasteiger partial charge in [0, 0.05) is 11.6 Å². The number of rotatable bonds is 4. The maximum Gasteiger partial charge on any atom is 0.330 e. The number of esters is 1. The van der Waals surface area contributed by atoms with Gasteiger partial charge < -0.3 is 14.8 Å². The highest BCUT2D eigenvalue weighted by Gasteiger charge is 2.18. The molecule has 3 aromatic rings. The predicted molar refractivity (Wildman–Crippen MR) is 104 cm³/mol. The van der Waals surface area contributed by atoms with Gasteiger partial charge in [0.05, 0.1) is 29.9 Å². The summed E-state index contributed by atoms with van der Waals surface area (Å²) in [7, 11) is 1.29. The van der Waals surface area contributed by atoms with Crippen molar-refractivity contribution in [2.75, 3.05) is 19.0 Å². The van der Waals surface area contributed by atoms with Crippen molar-refractivity contribution in [3.8, 4) is 22.7 Å². The number of ether oxygens (including phenoxy) is 2. The molecular weight excluding hydrogens is 377 g/mol. The van der Waals surface area contributed by atoms with Gasteiger partial charge >= 0.3 is 5.97 Å². The van der Waals surface area contributed by atoms with Crippen LogP contribution in [-0.4, -0.2) is 35.4 Å². The molecule has 4 rings (SSSR count). The van der Waals surface area contributed by atoms with E-state index >= 15 is 0 Å². The first-order valence-electron chi connectivity index (χ1n) is 8.72. The summed E-state index contributed by atoms with van der Waals surface area (Å²) in [5.41, 5.74) is 3.13. The van der Waals surface area contributed by atoms with Crippen LogP contribution in [0.2, 0.25) is 0 Å². The first kappa shape index (κ1) is 18.4. The molecule has 1 N–H and O–H groups in total. The van der Waals surface area contributed by atoms with Crippen LogP contribution in [0.4, 0.5) is 10.1 Å². The van der Waals surface area contributed by atoms with Gasteiger partial charge in [0.2, 0.25) is 0 Å². The molecule has 0 unspecified atom stereocenters. The van der Waals surface area contributed by atoms with Gasteiger partial charge in [-0.15, -0.1) is 0 Å². The molecular formula is C21H16FN3O4. The van der Waals surface area contributed by atoms with E-state index in [1.807, 2.05) is 6.07 Å². The second-order valence-corrected chi connectivity index (χ2v) is 6.25. The van der Waals surface area contributed by atoms with E-state index in [2.05, 4.69) is 15.2 Å². The third-order valence-electron chi connectivity index (χ3n) is 4.30. The van der Waals surface area contributed by atoms with Gasteiger partial charge in [-0.3, -0.25) is 4.79 Å². The van der Waals surface area contributed by atoms with Crippen LogP contribution in [0.3, 0.4) is 0 Å². The Balaban J connectivity index is 1.80. The number of halogens is 1. The molecule has 29 heavy (non-hydrogen) atoms. The molecule has 146 valence electrons. The first-order valence-corrected chi connectivity index (χ1v) is 8.72. The van der Waals surface area contributed by atoms with Gasteiger partial charge in [0.15, 0.2) is 6.61 Å². The third kappa shape index (κ3) is 3.86. The van der Waals surface area contributed by atoms with Crippen LogP contribution < -0.4 is 10.1 Å².